The molecule has 1 aliphatic carbocycles. The minimum Gasteiger partial charge on any atom is -0.298 e. The topological polar surface area (TPSA) is 47.8 Å². The van der Waals surface area contributed by atoms with Crippen molar-refractivity contribution in [1.82, 2.24) is 14.8 Å². The lowest BCUT2D eigenvalue weighted by atomic mass is 9.89. The summed E-state index contributed by atoms with van der Waals surface area (Å²) in [6, 6.07) is 6.32. The third kappa shape index (κ3) is 5.29. The van der Waals surface area contributed by atoms with Crippen LogP contribution in [0.5, 0.6) is 0 Å². The van der Waals surface area contributed by atoms with Gasteiger partial charge in [-0.15, -0.1) is 0 Å². The highest BCUT2D eigenvalue weighted by Crippen LogP contribution is 2.50. The van der Waals surface area contributed by atoms with Crippen molar-refractivity contribution in [2.45, 2.75) is 56.9 Å². The summed E-state index contributed by atoms with van der Waals surface area (Å²) in [5.74, 6) is -9.83. The molecule has 11 heteroatoms. The number of Topliss-reactive ketones (excluding diaryl/α,β-unsaturated/α-hetero) is 1. The van der Waals surface area contributed by atoms with E-state index < -0.39 is 65.8 Å². The molecule has 0 radical (unpaired) electrons. The fraction of sp³-hybridized carbons (Fsp3) is 0.375. The maximum Gasteiger partial charge on any atom is 0.290 e. The fourth-order valence-corrected chi connectivity index (χ4v) is 5.13. The van der Waals surface area contributed by atoms with Gasteiger partial charge in [-0.25, -0.2) is 17.6 Å². The number of halogens is 7. The van der Waals surface area contributed by atoms with Crippen molar-refractivity contribution in [1.29, 1.82) is 0 Å². The SMILES string of the molecule is Cc1nn(CC(=O)C[C@@H](Cc2cc(F)cc(F)c2)c2ncccc2Br)c2c1C(F)(F)CCC2(F)F. The van der Waals surface area contributed by atoms with Crippen molar-refractivity contribution in [3.05, 3.63) is 80.8 Å². The number of ketones is 1. The Morgan fingerprint density at radius 3 is 2.43 bits per heavy atom. The Morgan fingerprint density at radius 1 is 1.11 bits per heavy atom. The van der Waals surface area contributed by atoms with Gasteiger partial charge < -0.3 is 0 Å². The highest BCUT2D eigenvalue weighted by Gasteiger charge is 2.53. The molecule has 3 aromatic rings. The van der Waals surface area contributed by atoms with Crippen molar-refractivity contribution in [2.24, 2.45) is 0 Å². The molecule has 0 bridgehead atoms. The Hall–Kier alpha value is -2.69. The van der Waals surface area contributed by atoms with Gasteiger partial charge >= 0.3 is 0 Å². The van der Waals surface area contributed by atoms with Crippen molar-refractivity contribution < 1.29 is 31.1 Å². The molecule has 0 amide bonds. The molecule has 2 aromatic heterocycles. The number of aromatic nitrogens is 3. The largest absolute Gasteiger partial charge is 0.298 e. The standard InChI is InChI=1S/C24H20BrF6N3O/c1-13-20-22(24(30,31)5-4-23(20,28)29)34(33-13)12-18(35)10-15(21-19(25)3-2-6-32-21)7-14-8-16(26)11-17(27)9-14/h2-3,6,8-9,11,15H,4-5,7,10,12H2,1H3/t15-/m1/s1. The zero-order valence-electron chi connectivity index (χ0n) is 18.5. The van der Waals surface area contributed by atoms with E-state index in [0.29, 0.717) is 14.8 Å². The molecule has 1 aromatic carbocycles. The predicted molar refractivity (Wildman–Crippen MR) is 118 cm³/mol. The summed E-state index contributed by atoms with van der Waals surface area (Å²) in [6.07, 6.45) is -0.794. The molecule has 0 fully saturated rings. The second-order valence-corrected chi connectivity index (χ2v) is 9.52. The van der Waals surface area contributed by atoms with Gasteiger partial charge in [-0.2, -0.15) is 13.9 Å². The second-order valence-electron chi connectivity index (χ2n) is 8.67. The first-order valence-corrected chi connectivity index (χ1v) is 11.6. The van der Waals surface area contributed by atoms with E-state index in [1.54, 1.807) is 12.1 Å². The molecule has 35 heavy (non-hydrogen) atoms. The summed E-state index contributed by atoms with van der Waals surface area (Å²) < 4.78 is 86.7. The van der Waals surface area contributed by atoms with Gasteiger partial charge in [0.15, 0.2) is 5.78 Å². The first-order chi connectivity index (χ1) is 16.4. The van der Waals surface area contributed by atoms with E-state index in [9.17, 15) is 31.1 Å². The average molecular weight is 560 g/mol. The summed E-state index contributed by atoms with van der Waals surface area (Å²) in [5.41, 5.74) is -1.32. The molecular formula is C24H20BrF6N3O. The molecule has 0 unspecified atom stereocenters. The maximum atomic E-state index is 14.6. The van der Waals surface area contributed by atoms with Crippen molar-refractivity contribution >= 4 is 21.7 Å². The van der Waals surface area contributed by atoms with Crippen molar-refractivity contribution in [3.8, 4) is 0 Å². The highest BCUT2D eigenvalue weighted by molar-refractivity contribution is 9.10. The molecule has 0 saturated carbocycles. The van der Waals surface area contributed by atoms with Gasteiger partial charge in [0.2, 0.25) is 0 Å². The number of carbonyl (C=O) groups is 1. The number of nitrogens with zero attached hydrogens (tertiary/aromatic N) is 3. The first-order valence-electron chi connectivity index (χ1n) is 10.8. The molecule has 0 saturated heterocycles. The van der Waals surface area contributed by atoms with E-state index in [0.717, 1.165) is 18.2 Å². The highest BCUT2D eigenvalue weighted by atomic mass is 79.9. The van der Waals surface area contributed by atoms with Crippen LogP contribution in [0.1, 0.15) is 53.4 Å². The fourth-order valence-electron chi connectivity index (χ4n) is 4.55. The lowest BCUT2D eigenvalue weighted by molar-refractivity contribution is -0.121. The summed E-state index contributed by atoms with van der Waals surface area (Å²) >= 11 is 3.35. The summed E-state index contributed by atoms with van der Waals surface area (Å²) in [7, 11) is 0. The number of hydrogen-bond donors (Lipinski definition) is 0. The number of alkyl halides is 4. The summed E-state index contributed by atoms with van der Waals surface area (Å²) in [5, 5.41) is 3.84. The van der Waals surface area contributed by atoms with Gasteiger partial charge in [0.05, 0.1) is 17.0 Å². The first kappa shape index (κ1) is 25.4. The van der Waals surface area contributed by atoms with Crippen LogP contribution >= 0.6 is 15.9 Å². The van der Waals surface area contributed by atoms with E-state index in [-0.39, 0.29) is 24.1 Å². The molecule has 2 heterocycles. The van der Waals surface area contributed by atoms with Crippen LogP contribution in [0.3, 0.4) is 0 Å². The zero-order valence-corrected chi connectivity index (χ0v) is 20.1. The Labute approximate surface area is 205 Å². The van der Waals surface area contributed by atoms with Crippen LogP contribution in [0.2, 0.25) is 0 Å². The van der Waals surface area contributed by atoms with Gasteiger partial charge in [-0.05, 0) is 59.1 Å². The molecular weight excluding hydrogens is 540 g/mol. The molecule has 0 spiro atoms. The van der Waals surface area contributed by atoms with Gasteiger partial charge in [0, 0.05) is 41.9 Å². The third-order valence-electron chi connectivity index (χ3n) is 5.97. The number of fused-ring (bicyclic) bond motifs is 1. The van der Waals surface area contributed by atoms with E-state index in [2.05, 4.69) is 26.0 Å². The van der Waals surface area contributed by atoms with Crippen LogP contribution in [0.4, 0.5) is 26.3 Å². The van der Waals surface area contributed by atoms with Gasteiger partial charge in [0.1, 0.15) is 23.9 Å². The van der Waals surface area contributed by atoms with Gasteiger partial charge in [-0.3, -0.25) is 14.5 Å². The summed E-state index contributed by atoms with van der Waals surface area (Å²) in [6.45, 7) is 0.557. The van der Waals surface area contributed by atoms with Crippen LogP contribution in [-0.4, -0.2) is 20.5 Å². The number of benzene rings is 1. The normalized spacial score (nSPS) is 17.1. The second kappa shape index (κ2) is 9.40. The van der Waals surface area contributed by atoms with Crippen LogP contribution in [0.15, 0.2) is 41.0 Å². The van der Waals surface area contributed by atoms with E-state index >= 15 is 0 Å². The number of rotatable bonds is 7. The Kier molecular flexibility index (Phi) is 6.82. The number of carbonyl (C=O) groups excluding carboxylic acids is 1. The van der Waals surface area contributed by atoms with Crippen LogP contribution in [0, 0.1) is 18.6 Å². The lowest BCUT2D eigenvalue weighted by Gasteiger charge is -2.29. The zero-order chi connectivity index (χ0) is 25.5. The molecule has 0 N–H and O–H groups in total. The Balaban J connectivity index is 1.64. The monoisotopic (exact) mass is 559 g/mol. The Morgan fingerprint density at radius 2 is 1.77 bits per heavy atom. The van der Waals surface area contributed by atoms with Gasteiger partial charge in [-0.1, -0.05) is 0 Å². The minimum absolute atomic E-state index is 0.0283. The van der Waals surface area contributed by atoms with Crippen LogP contribution < -0.4 is 0 Å². The van der Waals surface area contributed by atoms with Crippen LogP contribution in [-0.2, 0) is 29.6 Å². The molecule has 0 aliphatic heterocycles. The smallest absolute Gasteiger partial charge is 0.290 e. The molecule has 186 valence electrons. The average Bonchev–Trinajstić information content (AvgIpc) is 3.08. The van der Waals surface area contributed by atoms with Gasteiger partial charge in [0.25, 0.3) is 11.8 Å². The molecule has 1 atom stereocenters. The number of aryl methyl sites for hydroxylation is 1. The molecule has 1 aliphatic rings. The maximum absolute atomic E-state index is 14.6. The minimum atomic E-state index is -3.55. The van der Waals surface area contributed by atoms with E-state index in [4.69, 9.17) is 0 Å². The quantitative estimate of drug-likeness (QED) is 0.307. The summed E-state index contributed by atoms with van der Waals surface area (Å²) in [4.78, 5) is 17.3. The van der Waals surface area contributed by atoms with E-state index in [1.165, 1.54) is 13.1 Å². The van der Waals surface area contributed by atoms with Crippen molar-refractivity contribution in [2.75, 3.05) is 0 Å². The van der Waals surface area contributed by atoms with Crippen molar-refractivity contribution in [3.63, 3.8) is 0 Å². The third-order valence-corrected chi connectivity index (χ3v) is 6.64. The molecule has 4 nitrogen and oxygen atoms in total. The molecule has 4 rings (SSSR count). The predicted octanol–water partition coefficient (Wildman–Crippen LogP) is 6.59. The number of pyridine rings is 1. The van der Waals surface area contributed by atoms with E-state index in [1.807, 2.05) is 0 Å². The number of hydrogen-bond acceptors (Lipinski definition) is 3. The Bertz CT molecular complexity index is 1260. The lowest BCUT2D eigenvalue weighted by Crippen LogP contribution is -2.33. The van der Waals surface area contributed by atoms with Crippen LogP contribution in [0.25, 0.3) is 0 Å².